The number of hydrogen-bond acceptors (Lipinski definition) is 7. The third-order valence-corrected chi connectivity index (χ3v) is 7.55. The fourth-order valence-corrected chi connectivity index (χ4v) is 5.52. The number of fused-ring (bicyclic) bond motifs is 1. The molecule has 0 saturated heterocycles. The van der Waals surface area contributed by atoms with Crippen LogP contribution in [0.25, 0.3) is 11.0 Å². The van der Waals surface area contributed by atoms with Crippen LogP contribution in [0.5, 0.6) is 0 Å². The normalized spacial score (nSPS) is 18.2. The van der Waals surface area contributed by atoms with Crippen LogP contribution in [-0.2, 0) is 11.2 Å². The molecule has 0 spiro atoms. The predicted molar refractivity (Wildman–Crippen MR) is 130 cm³/mol. The fourth-order valence-electron chi connectivity index (χ4n) is 4.76. The molecule has 2 aromatic heterocycles. The van der Waals surface area contributed by atoms with Crippen molar-refractivity contribution in [3.63, 3.8) is 0 Å². The molecule has 34 heavy (non-hydrogen) atoms. The van der Waals surface area contributed by atoms with Crippen LogP contribution in [0.1, 0.15) is 53.9 Å². The Hall–Kier alpha value is -2.88. The average Bonchev–Trinajstić information content (AvgIpc) is 3.35. The number of benzene rings is 1. The van der Waals surface area contributed by atoms with E-state index in [4.69, 9.17) is 5.73 Å². The van der Waals surface area contributed by atoms with E-state index in [1.807, 2.05) is 35.7 Å². The van der Waals surface area contributed by atoms with E-state index in [2.05, 4.69) is 15.3 Å². The monoisotopic (exact) mass is 482 g/mol. The molecule has 1 fully saturated rings. The van der Waals surface area contributed by atoms with Crippen molar-refractivity contribution in [2.45, 2.75) is 62.7 Å². The number of rotatable bonds is 9. The lowest BCUT2D eigenvalue weighted by Gasteiger charge is -2.39. The van der Waals surface area contributed by atoms with Gasteiger partial charge in [0, 0.05) is 11.3 Å². The van der Waals surface area contributed by atoms with Crippen molar-refractivity contribution >= 4 is 34.2 Å². The van der Waals surface area contributed by atoms with Crippen LogP contribution in [0.4, 0.5) is 0 Å². The maximum Gasteiger partial charge on any atom is 0.271 e. The Kier molecular flexibility index (Phi) is 7.55. The molecular formula is C25H30N4O4S. The van der Waals surface area contributed by atoms with Crippen molar-refractivity contribution in [3.05, 3.63) is 58.5 Å². The summed E-state index contributed by atoms with van der Waals surface area (Å²) in [7, 11) is 0. The van der Waals surface area contributed by atoms with Crippen LogP contribution < -0.4 is 11.1 Å². The van der Waals surface area contributed by atoms with E-state index in [9.17, 15) is 19.8 Å². The van der Waals surface area contributed by atoms with Crippen LogP contribution in [0.2, 0.25) is 0 Å². The molecule has 8 nitrogen and oxygen atoms in total. The summed E-state index contributed by atoms with van der Waals surface area (Å²) in [6.07, 6.45) is 4.22. The Bertz CT molecular complexity index is 1130. The topological polar surface area (TPSA) is 138 Å². The number of primary amides is 1. The number of nitrogens with zero attached hydrogens (tertiary/aromatic N) is 2. The zero-order chi connectivity index (χ0) is 24.1. The van der Waals surface area contributed by atoms with Gasteiger partial charge >= 0.3 is 0 Å². The zero-order valence-electron chi connectivity index (χ0n) is 18.9. The van der Waals surface area contributed by atoms with Crippen LogP contribution in [0.15, 0.2) is 48.0 Å². The molecule has 2 heterocycles. The number of carbonyl (C=O) groups excluding carboxylic acids is 2. The van der Waals surface area contributed by atoms with E-state index >= 15 is 0 Å². The van der Waals surface area contributed by atoms with Gasteiger partial charge < -0.3 is 21.3 Å². The Morgan fingerprint density at radius 1 is 1.12 bits per heavy atom. The quantitative estimate of drug-likeness (QED) is 0.370. The molecule has 1 saturated carbocycles. The van der Waals surface area contributed by atoms with Gasteiger partial charge in [0.15, 0.2) is 0 Å². The van der Waals surface area contributed by atoms with Gasteiger partial charge in [-0.25, -0.2) is 4.98 Å². The number of hydrogen-bond donors (Lipinski definition) is 4. The number of para-hydroxylation sites is 2. The SMILES string of the molecule is NC(=O)[C@H](C[C@H](O)[C@H](Cc1cccs1)NC(=O)c1cnc2ccccc2n1)C1(O)CCCCC1. The number of nitrogens with two attached hydrogens (primary N) is 1. The first kappa shape index (κ1) is 24.3. The van der Waals surface area contributed by atoms with Crippen LogP contribution in [-0.4, -0.2) is 49.7 Å². The third kappa shape index (κ3) is 5.60. The standard InChI is InChI=1S/C25H30N4O4S/c26-23(31)17(25(33)10-4-1-5-11-25)14-22(30)20(13-16-7-6-12-34-16)29-24(32)21-15-27-18-8-2-3-9-19(18)28-21/h2-3,6-9,12,15,17,20,22,30,33H,1,4-5,10-11,13-14H2,(H2,26,31)(H,29,32)/t17-,20-,22-/m0/s1. The van der Waals surface area contributed by atoms with E-state index in [-0.39, 0.29) is 12.1 Å². The fraction of sp³-hybridized carbons (Fsp3) is 0.440. The highest BCUT2D eigenvalue weighted by Gasteiger charge is 2.43. The second-order valence-electron chi connectivity index (χ2n) is 9.03. The van der Waals surface area contributed by atoms with E-state index in [1.165, 1.54) is 17.5 Å². The summed E-state index contributed by atoms with van der Waals surface area (Å²) >= 11 is 1.51. The zero-order valence-corrected chi connectivity index (χ0v) is 19.7. The molecule has 0 radical (unpaired) electrons. The number of amides is 2. The molecule has 0 aliphatic heterocycles. The summed E-state index contributed by atoms with van der Waals surface area (Å²) in [5.74, 6) is -2.00. The first-order valence-corrected chi connectivity index (χ1v) is 12.5. The number of aliphatic hydroxyl groups is 2. The molecule has 0 bridgehead atoms. The van der Waals surface area contributed by atoms with Crippen LogP contribution in [0, 0.1) is 5.92 Å². The van der Waals surface area contributed by atoms with Gasteiger partial charge in [0.1, 0.15) is 5.69 Å². The maximum atomic E-state index is 13.1. The van der Waals surface area contributed by atoms with E-state index in [1.54, 1.807) is 6.07 Å². The summed E-state index contributed by atoms with van der Waals surface area (Å²) in [6, 6.07) is 10.4. The van der Waals surface area contributed by atoms with E-state index in [0.29, 0.717) is 30.3 Å². The van der Waals surface area contributed by atoms with Crippen molar-refractivity contribution in [2.75, 3.05) is 0 Å². The first-order chi connectivity index (χ1) is 16.4. The van der Waals surface area contributed by atoms with Crippen molar-refractivity contribution in [2.24, 2.45) is 11.7 Å². The van der Waals surface area contributed by atoms with Crippen molar-refractivity contribution < 1.29 is 19.8 Å². The molecule has 180 valence electrons. The van der Waals surface area contributed by atoms with Gasteiger partial charge in [-0.1, -0.05) is 37.5 Å². The molecule has 1 aliphatic rings. The molecule has 2 amide bonds. The molecule has 0 unspecified atom stereocenters. The van der Waals surface area contributed by atoms with E-state index in [0.717, 1.165) is 24.1 Å². The number of aliphatic hydroxyl groups excluding tert-OH is 1. The summed E-state index contributed by atoms with van der Waals surface area (Å²) in [6.45, 7) is 0. The number of carbonyl (C=O) groups is 2. The number of thiophene rings is 1. The van der Waals surface area contributed by atoms with Gasteiger partial charge in [0.25, 0.3) is 5.91 Å². The minimum atomic E-state index is -1.23. The predicted octanol–water partition coefficient (Wildman–Crippen LogP) is 2.58. The molecule has 9 heteroatoms. The Balaban J connectivity index is 1.54. The Morgan fingerprint density at radius 3 is 2.53 bits per heavy atom. The molecular weight excluding hydrogens is 452 g/mol. The Morgan fingerprint density at radius 2 is 1.85 bits per heavy atom. The lowest BCUT2D eigenvalue weighted by atomic mass is 9.72. The highest BCUT2D eigenvalue weighted by atomic mass is 32.1. The van der Waals surface area contributed by atoms with E-state index < -0.39 is 35.5 Å². The lowest BCUT2D eigenvalue weighted by Crippen LogP contribution is -2.52. The molecule has 5 N–H and O–H groups in total. The van der Waals surface area contributed by atoms with Gasteiger partial charge in [0.2, 0.25) is 5.91 Å². The van der Waals surface area contributed by atoms with Gasteiger partial charge in [-0.3, -0.25) is 14.6 Å². The van der Waals surface area contributed by atoms with Gasteiger partial charge in [-0.15, -0.1) is 11.3 Å². The number of nitrogens with one attached hydrogen (secondary N) is 1. The molecule has 4 rings (SSSR count). The second-order valence-corrected chi connectivity index (χ2v) is 10.1. The van der Waals surface area contributed by atoms with Crippen LogP contribution in [0.3, 0.4) is 0 Å². The molecule has 1 aliphatic carbocycles. The summed E-state index contributed by atoms with van der Waals surface area (Å²) < 4.78 is 0. The largest absolute Gasteiger partial charge is 0.391 e. The summed E-state index contributed by atoms with van der Waals surface area (Å²) in [5.41, 5.74) is 5.85. The van der Waals surface area contributed by atoms with Crippen molar-refractivity contribution in [3.8, 4) is 0 Å². The summed E-state index contributed by atoms with van der Waals surface area (Å²) in [5, 5.41) is 27.1. The highest BCUT2D eigenvalue weighted by Crippen LogP contribution is 2.37. The maximum absolute atomic E-state index is 13.1. The lowest BCUT2D eigenvalue weighted by molar-refractivity contribution is -0.137. The van der Waals surface area contributed by atoms with Gasteiger partial charge in [0.05, 0.1) is 40.9 Å². The smallest absolute Gasteiger partial charge is 0.271 e. The average molecular weight is 483 g/mol. The third-order valence-electron chi connectivity index (χ3n) is 6.65. The van der Waals surface area contributed by atoms with Gasteiger partial charge in [-0.05, 0) is 42.8 Å². The first-order valence-electron chi connectivity index (χ1n) is 11.6. The highest BCUT2D eigenvalue weighted by molar-refractivity contribution is 7.09. The van der Waals surface area contributed by atoms with Gasteiger partial charge in [-0.2, -0.15) is 0 Å². The Labute approximate surface area is 202 Å². The number of aromatic nitrogens is 2. The van der Waals surface area contributed by atoms with Crippen molar-refractivity contribution in [1.29, 1.82) is 0 Å². The molecule has 1 aromatic carbocycles. The van der Waals surface area contributed by atoms with Crippen LogP contribution >= 0.6 is 11.3 Å². The summed E-state index contributed by atoms with van der Waals surface area (Å²) in [4.78, 5) is 35.0. The molecule has 3 atom stereocenters. The molecule has 3 aromatic rings. The minimum Gasteiger partial charge on any atom is -0.391 e. The second kappa shape index (κ2) is 10.6. The minimum absolute atomic E-state index is 0.0362. The van der Waals surface area contributed by atoms with Crippen molar-refractivity contribution in [1.82, 2.24) is 15.3 Å².